The molecule has 174 valence electrons. The fourth-order valence-corrected chi connectivity index (χ4v) is 5.74. The number of carbonyl (C=O) groups is 2. The van der Waals surface area contributed by atoms with E-state index in [2.05, 4.69) is 5.32 Å². The molecule has 4 rings (SSSR count). The molecule has 33 heavy (non-hydrogen) atoms. The SMILES string of the molecule is CCOC(=O)c1oc2ccccc2c1NC(=O)c1ccc(S(=O)(=O)N2CCCC[C@@H]2C)cc1. The number of piperidine rings is 1. The number of nitrogens with one attached hydrogen (secondary N) is 1. The maximum Gasteiger partial charge on any atom is 0.376 e. The van der Waals surface area contributed by atoms with Gasteiger partial charge in [0.25, 0.3) is 5.91 Å². The molecule has 0 bridgehead atoms. The second-order valence-electron chi connectivity index (χ2n) is 7.96. The zero-order valence-electron chi connectivity index (χ0n) is 18.5. The maximum atomic E-state index is 13.0. The Labute approximate surface area is 192 Å². The van der Waals surface area contributed by atoms with Gasteiger partial charge in [-0.2, -0.15) is 4.31 Å². The molecular weight excluding hydrogens is 444 g/mol. The highest BCUT2D eigenvalue weighted by atomic mass is 32.2. The third-order valence-corrected chi connectivity index (χ3v) is 7.79. The van der Waals surface area contributed by atoms with Crippen molar-refractivity contribution in [3.05, 3.63) is 59.9 Å². The standard InChI is InChI=1S/C24H26N2O6S/c1-3-31-24(28)22-21(19-9-4-5-10-20(19)32-22)25-23(27)17-11-13-18(14-12-17)33(29,30)26-15-7-6-8-16(26)2/h4-5,9-14,16H,3,6-8,15H2,1-2H3,(H,25,27)/t16-/m0/s1. The number of benzene rings is 2. The maximum absolute atomic E-state index is 13.0. The van der Waals surface area contributed by atoms with Crippen LogP contribution < -0.4 is 5.32 Å². The van der Waals surface area contributed by atoms with Gasteiger partial charge in [0.05, 0.1) is 11.5 Å². The highest BCUT2D eigenvalue weighted by Gasteiger charge is 2.31. The summed E-state index contributed by atoms with van der Waals surface area (Å²) in [6.45, 7) is 4.25. The van der Waals surface area contributed by atoms with Crippen LogP contribution in [0.25, 0.3) is 11.0 Å². The van der Waals surface area contributed by atoms with E-state index >= 15 is 0 Å². The van der Waals surface area contributed by atoms with E-state index in [1.54, 1.807) is 31.2 Å². The molecule has 0 spiro atoms. The molecule has 9 heteroatoms. The summed E-state index contributed by atoms with van der Waals surface area (Å²) < 4.78 is 38.2. The van der Waals surface area contributed by atoms with Crippen molar-refractivity contribution in [2.75, 3.05) is 18.5 Å². The lowest BCUT2D eigenvalue weighted by Crippen LogP contribution is -2.41. The van der Waals surface area contributed by atoms with Crippen molar-refractivity contribution >= 4 is 38.6 Å². The Kier molecular flexibility index (Phi) is 6.53. The lowest BCUT2D eigenvalue weighted by molar-refractivity contribution is 0.0494. The molecule has 0 radical (unpaired) electrons. The Balaban J connectivity index is 1.59. The minimum Gasteiger partial charge on any atom is -0.460 e. The average molecular weight is 471 g/mol. The lowest BCUT2D eigenvalue weighted by Gasteiger charge is -2.32. The van der Waals surface area contributed by atoms with Crippen molar-refractivity contribution in [1.29, 1.82) is 0 Å². The van der Waals surface area contributed by atoms with E-state index in [0.29, 0.717) is 17.5 Å². The molecule has 1 aliphatic heterocycles. The summed E-state index contributed by atoms with van der Waals surface area (Å²) >= 11 is 0. The molecule has 3 aromatic rings. The van der Waals surface area contributed by atoms with Gasteiger partial charge in [0.15, 0.2) is 0 Å². The first-order valence-electron chi connectivity index (χ1n) is 10.9. The smallest absolute Gasteiger partial charge is 0.376 e. The number of sulfonamides is 1. The number of hydrogen-bond donors (Lipinski definition) is 1. The lowest BCUT2D eigenvalue weighted by atomic mass is 10.1. The van der Waals surface area contributed by atoms with Crippen molar-refractivity contribution in [3.8, 4) is 0 Å². The molecule has 1 atom stereocenters. The largest absolute Gasteiger partial charge is 0.460 e. The minimum atomic E-state index is -3.63. The molecular formula is C24H26N2O6S. The number of anilines is 1. The van der Waals surface area contributed by atoms with Crippen molar-refractivity contribution < 1.29 is 27.2 Å². The van der Waals surface area contributed by atoms with E-state index in [4.69, 9.17) is 9.15 Å². The van der Waals surface area contributed by atoms with Gasteiger partial charge in [-0.15, -0.1) is 0 Å². The molecule has 0 saturated carbocycles. The zero-order valence-corrected chi connectivity index (χ0v) is 19.4. The molecule has 1 N–H and O–H groups in total. The monoisotopic (exact) mass is 470 g/mol. The number of para-hydroxylation sites is 1. The Hall–Kier alpha value is -3.17. The van der Waals surface area contributed by atoms with Crippen LogP contribution in [0.5, 0.6) is 0 Å². The van der Waals surface area contributed by atoms with Crippen LogP contribution in [0.3, 0.4) is 0 Å². The molecule has 1 amide bonds. The molecule has 1 saturated heterocycles. The fraction of sp³-hybridized carbons (Fsp3) is 0.333. The normalized spacial score (nSPS) is 17.1. The van der Waals surface area contributed by atoms with Crippen LogP contribution in [0.1, 0.15) is 54.0 Å². The Morgan fingerprint density at radius 2 is 1.85 bits per heavy atom. The third-order valence-electron chi connectivity index (χ3n) is 5.76. The molecule has 0 aliphatic carbocycles. The first kappa shape index (κ1) is 23.0. The first-order chi connectivity index (χ1) is 15.8. The van der Waals surface area contributed by atoms with Crippen LogP contribution in [-0.2, 0) is 14.8 Å². The molecule has 8 nitrogen and oxygen atoms in total. The van der Waals surface area contributed by atoms with Gasteiger partial charge in [-0.05, 0) is 63.1 Å². The van der Waals surface area contributed by atoms with Gasteiger partial charge in [-0.3, -0.25) is 4.79 Å². The Morgan fingerprint density at radius 3 is 2.55 bits per heavy atom. The average Bonchev–Trinajstić information content (AvgIpc) is 3.18. The van der Waals surface area contributed by atoms with E-state index in [9.17, 15) is 18.0 Å². The van der Waals surface area contributed by atoms with Crippen LogP contribution in [0.2, 0.25) is 0 Å². The number of amides is 1. The Morgan fingerprint density at radius 1 is 1.12 bits per heavy atom. The zero-order chi connectivity index (χ0) is 23.6. The summed E-state index contributed by atoms with van der Waals surface area (Å²) in [4.78, 5) is 25.4. The van der Waals surface area contributed by atoms with Gasteiger partial charge in [0.2, 0.25) is 15.8 Å². The van der Waals surface area contributed by atoms with Crippen molar-refractivity contribution in [1.82, 2.24) is 4.31 Å². The number of esters is 1. The van der Waals surface area contributed by atoms with Crippen molar-refractivity contribution in [2.45, 2.75) is 44.0 Å². The predicted molar refractivity (Wildman–Crippen MR) is 124 cm³/mol. The van der Waals surface area contributed by atoms with Crippen LogP contribution in [0, 0.1) is 0 Å². The number of fused-ring (bicyclic) bond motifs is 1. The fourth-order valence-electron chi connectivity index (χ4n) is 4.04. The molecule has 0 unspecified atom stereocenters. The van der Waals surface area contributed by atoms with Crippen molar-refractivity contribution in [2.24, 2.45) is 0 Å². The predicted octanol–water partition coefficient (Wildman–Crippen LogP) is 4.42. The number of hydrogen-bond acceptors (Lipinski definition) is 6. The summed E-state index contributed by atoms with van der Waals surface area (Å²) in [5.41, 5.74) is 0.904. The first-order valence-corrected chi connectivity index (χ1v) is 12.4. The van der Waals surface area contributed by atoms with E-state index in [1.807, 2.05) is 6.92 Å². The molecule has 1 aliphatic rings. The molecule has 2 heterocycles. The Bertz CT molecular complexity index is 1280. The van der Waals surface area contributed by atoms with Crippen LogP contribution in [0.15, 0.2) is 57.8 Å². The molecule has 2 aromatic carbocycles. The topological polar surface area (TPSA) is 106 Å². The quantitative estimate of drug-likeness (QED) is 0.535. The van der Waals surface area contributed by atoms with Gasteiger partial charge in [0.1, 0.15) is 11.3 Å². The highest BCUT2D eigenvalue weighted by molar-refractivity contribution is 7.89. The number of nitrogens with zero attached hydrogens (tertiary/aromatic N) is 1. The highest BCUT2D eigenvalue weighted by Crippen LogP contribution is 2.32. The van der Waals surface area contributed by atoms with Crippen molar-refractivity contribution in [3.63, 3.8) is 0 Å². The van der Waals surface area contributed by atoms with E-state index in [-0.39, 0.29) is 34.6 Å². The van der Waals surface area contributed by atoms with Gasteiger partial charge >= 0.3 is 5.97 Å². The summed E-state index contributed by atoms with van der Waals surface area (Å²) in [7, 11) is -3.63. The summed E-state index contributed by atoms with van der Waals surface area (Å²) in [5, 5.41) is 3.29. The van der Waals surface area contributed by atoms with Gasteiger partial charge in [0, 0.05) is 23.5 Å². The summed E-state index contributed by atoms with van der Waals surface area (Å²) in [6.07, 6.45) is 2.69. The van der Waals surface area contributed by atoms with E-state index in [1.165, 1.54) is 28.6 Å². The minimum absolute atomic E-state index is 0.0533. The van der Waals surface area contributed by atoms with Gasteiger partial charge < -0.3 is 14.5 Å². The number of carbonyl (C=O) groups excluding carboxylic acids is 2. The summed E-state index contributed by atoms with van der Waals surface area (Å²) in [6, 6.07) is 12.7. The van der Waals surface area contributed by atoms with Crippen LogP contribution >= 0.6 is 0 Å². The van der Waals surface area contributed by atoms with E-state index < -0.39 is 21.9 Å². The third kappa shape index (κ3) is 4.51. The van der Waals surface area contributed by atoms with Crippen LogP contribution in [-0.4, -0.2) is 43.8 Å². The van der Waals surface area contributed by atoms with E-state index in [0.717, 1.165) is 19.3 Å². The second-order valence-corrected chi connectivity index (χ2v) is 9.85. The molecule has 1 fully saturated rings. The van der Waals surface area contributed by atoms with Crippen LogP contribution in [0.4, 0.5) is 5.69 Å². The number of ether oxygens (including phenoxy) is 1. The summed E-state index contributed by atoms with van der Waals surface area (Å²) in [5.74, 6) is -1.27. The van der Waals surface area contributed by atoms with Gasteiger partial charge in [-0.25, -0.2) is 13.2 Å². The molecule has 1 aromatic heterocycles. The second kappa shape index (κ2) is 9.36. The van der Waals surface area contributed by atoms with Gasteiger partial charge in [-0.1, -0.05) is 18.6 Å². The number of furan rings is 1. The number of rotatable bonds is 6.